The quantitative estimate of drug-likeness (QED) is 0.622. The Morgan fingerprint density at radius 1 is 0.947 bits per heavy atom. The van der Waals surface area contributed by atoms with Gasteiger partial charge < -0.3 is 0 Å². The molecule has 3 heteroatoms. The van der Waals surface area contributed by atoms with Crippen LogP contribution in [-0.2, 0) is 15.0 Å². The highest BCUT2D eigenvalue weighted by Crippen LogP contribution is 2.33. The van der Waals surface area contributed by atoms with Crippen LogP contribution in [0.2, 0.25) is 0 Å². The van der Waals surface area contributed by atoms with Gasteiger partial charge in [-0.3, -0.25) is 4.79 Å². The lowest BCUT2D eigenvalue weighted by Crippen LogP contribution is -2.32. The van der Waals surface area contributed by atoms with Gasteiger partial charge >= 0.3 is 0 Å². The first-order valence-electron chi connectivity index (χ1n) is 5.93. The van der Waals surface area contributed by atoms with E-state index in [4.69, 9.17) is 0 Å². The molecule has 0 aliphatic heterocycles. The summed E-state index contributed by atoms with van der Waals surface area (Å²) in [5, 5.41) is 0. The number of benzene rings is 2. The third-order valence-corrected chi connectivity index (χ3v) is 3.28. The summed E-state index contributed by atoms with van der Waals surface area (Å²) in [6, 6.07) is 18.6. The summed E-state index contributed by atoms with van der Waals surface area (Å²) < 4.78 is 0. The summed E-state index contributed by atoms with van der Waals surface area (Å²) in [5.74, 6) is -0.514. The van der Waals surface area contributed by atoms with Crippen LogP contribution >= 0.6 is 0 Å². The Kier molecular flexibility index (Phi) is 3.69. The molecule has 2 aromatic carbocycles. The zero-order chi connectivity index (χ0) is 13.7. The van der Waals surface area contributed by atoms with Gasteiger partial charge in [-0.15, -0.1) is 4.99 Å². The van der Waals surface area contributed by atoms with Crippen LogP contribution in [0.15, 0.2) is 65.7 Å². The number of rotatable bonds is 3. The van der Waals surface area contributed by atoms with Crippen LogP contribution in [0.1, 0.15) is 18.1 Å². The van der Waals surface area contributed by atoms with Gasteiger partial charge in [0.05, 0.1) is 5.41 Å². The molecular formula is C16H13NO2. The average Bonchev–Trinajstić information content (AvgIpc) is 2.48. The normalized spacial score (nSPS) is 10.6. The number of hydrogen-bond acceptors (Lipinski definition) is 2. The third kappa shape index (κ3) is 2.37. The first kappa shape index (κ1) is 12.9. The fourth-order valence-corrected chi connectivity index (χ4v) is 2.11. The maximum absolute atomic E-state index is 12.2. The predicted molar refractivity (Wildman–Crippen MR) is 72.5 cm³/mol. The highest BCUT2D eigenvalue weighted by atomic mass is 16.2. The molecule has 0 saturated heterocycles. The maximum atomic E-state index is 12.2. The summed E-state index contributed by atoms with van der Waals surface area (Å²) in [7, 11) is 0. The lowest BCUT2D eigenvalue weighted by atomic mass is 9.75. The van der Waals surface area contributed by atoms with Gasteiger partial charge in [0.15, 0.2) is 0 Å². The summed E-state index contributed by atoms with van der Waals surface area (Å²) in [4.78, 5) is 26.0. The van der Waals surface area contributed by atoms with Crippen LogP contribution in [0.25, 0.3) is 0 Å². The van der Waals surface area contributed by atoms with Crippen molar-refractivity contribution in [2.75, 3.05) is 0 Å². The van der Waals surface area contributed by atoms with Crippen LogP contribution in [-0.4, -0.2) is 12.0 Å². The van der Waals surface area contributed by atoms with Crippen LogP contribution < -0.4 is 0 Å². The Bertz CT molecular complexity index is 574. The molecular weight excluding hydrogens is 238 g/mol. The summed E-state index contributed by atoms with van der Waals surface area (Å²) in [5.41, 5.74) is 0.621. The number of aliphatic imine (C=N–C) groups is 1. The molecule has 1 amide bonds. The Hall–Kier alpha value is -2.51. The van der Waals surface area contributed by atoms with Gasteiger partial charge in [-0.2, -0.15) is 0 Å². The summed E-state index contributed by atoms with van der Waals surface area (Å²) in [6.45, 7) is 1.76. The van der Waals surface area contributed by atoms with Crippen LogP contribution in [0, 0.1) is 0 Å². The van der Waals surface area contributed by atoms with Gasteiger partial charge in [0.2, 0.25) is 6.08 Å². The van der Waals surface area contributed by atoms with Crippen LogP contribution in [0.3, 0.4) is 0 Å². The van der Waals surface area contributed by atoms with E-state index in [1.807, 2.05) is 60.7 Å². The topological polar surface area (TPSA) is 46.5 Å². The Morgan fingerprint density at radius 2 is 1.37 bits per heavy atom. The molecule has 0 atom stereocenters. The van der Waals surface area contributed by atoms with E-state index < -0.39 is 11.3 Å². The SMILES string of the molecule is CC(C(=O)N=C=O)(c1ccccc1)c1ccccc1. The van der Waals surface area contributed by atoms with Crippen LogP contribution in [0.5, 0.6) is 0 Å². The number of nitrogens with zero attached hydrogens (tertiary/aromatic N) is 1. The highest BCUT2D eigenvalue weighted by molar-refractivity contribution is 5.94. The third-order valence-electron chi connectivity index (χ3n) is 3.28. The van der Waals surface area contributed by atoms with Crippen molar-refractivity contribution in [3.8, 4) is 0 Å². The van der Waals surface area contributed by atoms with E-state index in [1.165, 1.54) is 6.08 Å². The van der Waals surface area contributed by atoms with Crippen molar-refractivity contribution in [1.29, 1.82) is 0 Å². The molecule has 0 spiro atoms. The van der Waals surface area contributed by atoms with Crippen molar-refractivity contribution < 1.29 is 9.59 Å². The van der Waals surface area contributed by atoms with Crippen molar-refractivity contribution in [3.63, 3.8) is 0 Å². The van der Waals surface area contributed by atoms with Crippen LogP contribution in [0.4, 0.5) is 0 Å². The standard InChI is InChI=1S/C16H13NO2/c1-16(15(19)17-12-18,13-8-4-2-5-9-13)14-10-6-3-7-11-14/h2-11H,1H3. The Labute approximate surface area is 111 Å². The van der Waals surface area contributed by atoms with Crippen molar-refractivity contribution >= 4 is 12.0 Å². The van der Waals surface area contributed by atoms with Crippen molar-refractivity contribution in [1.82, 2.24) is 0 Å². The molecule has 0 bridgehead atoms. The molecule has 0 aromatic heterocycles. The molecule has 2 rings (SSSR count). The van der Waals surface area contributed by atoms with Gasteiger partial charge in [0, 0.05) is 0 Å². The molecule has 0 N–H and O–H groups in total. The average molecular weight is 251 g/mol. The predicted octanol–water partition coefficient (Wildman–Crippen LogP) is 2.86. The van der Waals surface area contributed by atoms with E-state index in [-0.39, 0.29) is 0 Å². The number of carbonyl (C=O) groups excluding carboxylic acids is 2. The summed E-state index contributed by atoms with van der Waals surface area (Å²) in [6.07, 6.45) is 1.34. The molecule has 0 aliphatic carbocycles. The monoisotopic (exact) mass is 251 g/mol. The van der Waals surface area contributed by atoms with Gasteiger partial charge in [-0.05, 0) is 18.1 Å². The minimum absolute atomic E-state index is 0.514. The molecule has 0 unspecified atom stereocenters. The van der Waals surface area contributed by atoms with E-state index >= 15 is 0 Å². The summed E-state index contributed by atoms with van der Waals surface area (Å²) >= 11 is 0. The fourth-order valence-electron chi connectivity index (χ4n) is 2.11. The number of amides is 1. The van der Waals surface area contributed by atoms with E-state index in [1.54, 1.807) is 6.92 Å². The van der Waals surface area contributed by atoms with Gasteiger partial charge in [-0.1, -0.05) is 60.7 Å². The molecule has 0 heterocycles. The van der Waals surface area contributed by atoms with Gasteiger partial charge in [0.1, 0.15) is 0 Å². The van der Waals surface area contributed by atoms with E-state index in [2.05, 4.69) is 4.99 Å². The number of hydrogen-bond donors (Lipinski definition) is 0. The molecule has 19 heavy (non-hydrogen) atoms. The highest BCUT2D eigenvalue weighted by Gasteiger charge is 2.36. The first-order chi connectivity index (χ1) is 9.19. The van der Waals surface area contributed by atoms with Crippen molar-refractivity contribution in [2.24, 2.45) is 4.99 Å². The van der Waals surface area contributed by atoms with Gasteiger partial charge in [0.25, 0.3) is 5.91 Å². The fraction of sp³-hybridized carbons (Fsp3) is 0.125. The van der Waals surface area contributed by atoms with Crippen molar-refractivity contribution in [3.05, 3.63) is 71.8 Å². The Balaban J connectivity index is 2.64. The lowest BCUT2D eigenvalue weighted by Gasteiger charge is -2.26. The second-order valence-corrected chi connectivity index (χ2v) is 4.37. The second-order valence-electron chi connectivity index (χ2n) is 4.37. The molecule has 0 radical (unpaired) electrons. The first-order valence-corrected chi connectivity index (χ1v) is 5.93. The smallest absolute Gasteiger partial charge is 0.270 e. The van der Waals surface area contributed by atoms with E-state index in [9.17, 15) is 9.59 Å². The number of isocyanates is 1. The molecule has 94 valence electrons. The minimum atomic E-state index is -0.972. The lowest BCUT2D eigenvalue weighted by molar-refractivity contribution is -0.121. The number of carbonyl (C=O) groups is 1. The minimum Gasteiger partial charge on any atom is -0.270 e. The maximum Gasteiger partial charge on any atom is 0.271 e. The van der Waals surface area contributed by atoms with Crippen molar-refractivity contribution in [2.45, 2.75) is 12.3 Å². The van der Waals surface area contributed by atoms with E-state index in [0.717, 1.165) is 11.1 Å². The molecule has 2 aromatic rings. The second kappa shape index (κ2) is 5.42. The van der Waals surface area contributed by atoms with E-state index in [0.29, 0.717) is 0 Å². The molecule has 0 fully saturated rings. The largest absolute Gasteiger partial charge is 0.271 e. The zero-order valence-corrected chi connectivity index (χ0v) is 10.5. The molecule has 0 aliphatic rings. The van der Waals surface area contributed by atoms with Gasteiger partial charge in [-0.25, -0.2) is 4.79 Å². The molecule has 0 saturated carbocycles. The zero-order valence-electron chi connectivity index (χ0n) is 10.5. The Morgan fingerprint density at radius 3 is 1.74 bits per heavy atom. The molecule has 3 nitrogen and oxygen atoms in total.